The summed E-state index contributed by atoms with van der Waals surface area (Å²) in [6.07, 6.45) is 4.11. The van der Waals surface area contributed by atoms with Crippen molar-refractivity contribution in [1.29, 1.82) is 0 Å². The number of halogens is 2. The summed E-state index contributed by atoms with van der Waals surface area (Å²) < 4.78 is 53.5. The quantitative estimate of drug-likeness (QED) is 0.699. The first-order valence-electron chi connectivity index (χ1n) is 9.32. The molecular formula is C21H22F2N2O3S. The molecular weight excluding hydrogens is 398 g/mol. The molecule has 0 saturated carbocycles. The van der Waals surface area contributed by atoms with Crippen LogP contribution in [0, 0.1) is 11.6 Å². The summed E-state index contributed by atoms with van der Waals surface area (Å²) in [5, 5.41) is 0. The van der Waals surface area contributed by atoms with Crippen molar-refractivity contribution in [2.24, 2.45) is 0 Å². The van der Waals surface area contributed by atoms with Crippen LogP contribution in [0.4, 0.5) is 8.78 Å². The number of aryl methyl sites for hydroxylation is 1. The number of sulfonamides is 1. The van der Waals surface area contributed by atoms with Crippen LogP contribution < -0.4 is 0 Å². The van der Waals surface area contributed by atoms with Gasteiger partial charge in [0.1, 0.15) is 16.5 Å². The molecule has 1 fully saturated rings. The third kappa shape index (κ3) is 4.89. The molecule has 154 valence electrons. The van der Waals surface area contributed by atoms with Crippen LogP contribution in [0.2, 0.25) is 0 Å². The Labute approximate surface area is 169 Å². The Morgan fingerprint density at radius 2 is 1.69 bits per heavy atom. The number of carbonyl (C=O) groups is 1. The molecule has 0 aromatic heterocycles. The first-order valence-corrected chi connectivity index (χ1v) is 10.8. The standard InChI is InChI=1S/C21H22F2N2O3S/c1-2-16-3-5-17(6-4-16)7-10-21(26)24-11-13-25(14-12-24)29(27,28)20-15-18(22)8-9-19(20)23/h3-10,15H,2,11-14H2,1H3/b10-7+. The van der Waals surface area contributed by atoms with Crippen molar-refractivity contribution >= 4 is 22.0 Å². The number of carbonyl (C=O) groups excluding carboxylic acids is 1. The molecule has 0 atom stereocenters. The predicted molar refractivity (Wildman–Crippen MR) is 107 cm³/mol. The van der Waals surface area contributed by atoms with E-state index in [1.807, 2.05) is 24.3 Å². The van der Waals surface area contributed by atoms with Crippen LogP contribution in [0.5, 0.6) is 0 Å². The van der Waals surface area contributed by atoms with Gasteiger partial charge in [0.25, 0.3) is 0 Å². The van der Waals surface area contributed by atoms with E-state index < -0.39 is 26.6 Å². The lowest BCUT2D eigenvalue weighted by Crippen LogP contribution is -2.50. The fraction of sp³-hybridized carbons (Fsp3) is 0.286. The minimum absolute atomic E-state index is 0.0169. The van der Waals surface area contributed by atoms with Crippen molar-refractivity contribution in [3.8, 4) is 0 Å². The Kier molecular flexibility index (Phi) is 6.44. The SMILES string of the molecule is CCc1ccc(/C=C/C(=O)N2CCN(S(=O)(=O)c3cc(F)ccc3F)CC2)cc1. The molecule has 8 heteroatoms. The van der Waals surface area contributed by atoms with Gasteiger partial charge in [-0.1, -0.05) is 31.2 Å². The fourth-order valence-corrected chi connectivity index (χ4v) is 4.60. The first kappa shape index (κ1) is 21.1. The highest BCUT2D eigenvalue weighted by Gasteiger charge is 2.31. The number of hydrogen-bond donors (Lipinski definition) is 0. The van der Waals surface area contributed by atoms with Gasteiger partial charge in [0.15, 0.2) is 0 Å². The highest BCUT2D eigenvalue weighted by Crippen LogP contribution is 2.22. The number of rotatable bonds is 5. The van der Waals surface area contributed by atoms with E-state index in [2.05, 4.69) is 6.92 Å². The Hall–Kier alpha value is -2.58. The smallest absolute Gasteiger partial charge is 0.246 e. The van der Waals surface area contributed by atoms with Gasteiger partial charge in [0, 0.05) is 32.3 Å². The summed E-state index contributed by atoms with van der Waals surface area (Å²) >= 11 is 0. The van der Waals surface area contributed by atoms with Gasteiger partial charge >= 0.3 is 0 Å². The van der Waals surface area contributed by atoms with E-state index in [0.717, 1.165) is 28.4 Å². The van der Waals surface area contributed by atoms with Crippen molar-refractivity contribution in [2.75, 3.05) is 26.2 Å². The molecule has 0 spiro atoms. The van der Waals surface area contributed by atoms with Crippen LogP contribution in [-0.4, -0.2) is 49.7 Å². The highest BCUT2D eigenvalue weighted by molar-refractivity contribution is 7.89. The van der Waals surface area contributed by atoms with E-state index in [4.69, 9.17) is 0 Å². The van der Waals surface area contributed by atoms with Gasteiger partial charge in [-0.15, -0.1) is 0 Å². The maximum Gasteiger partial charge on any atom is 0.246 e. The van der Waals surface area contributed by atoms with Crippen LogP contribution in [0.25, 0.3) is 6.08 Å². The normalized spacial score (nSPS) is 15.8. The molecule has 2 aromatic carbocycles. The van der Waals surface area contributed by atoms with Crippen LogP contribution in [0.15, 0.2) is 53.4 Å². The monoisotopic (exact) mass is 420 g/mol. The lowest BCUT2D eigenvalue weighted by atomic mass is 10.1. The second kappa shape index (κ2) is 8.84. The number of amides is 1. The summed E-state index contributed by atoms with van der Waals surface area (Å²) in [7, 11) is -4.16. The Balaban J connectivity index is 1.62. The molecule has 0 aliphatic carbocycles. The van der Waals surface area contributed by atoms with E-state index in [1.54, 1.807) is 6.08 Å². The van der Waals surface area contributed by atoms with E-state index in [0.29, 0.717) is 6.07 Å². The van der Waals surface area contributed by atoms with Crippen LogP contribution in [-0.2, 0) is 21.2 Å². The van der Waals surface area contributed by atoms with Crippen LogP contribution >= 0.6 is 0 Å². The largest absolute Gasteiger partial charge is 0.337 e. The van der Waals surface area contributed by atoms with Gasteiger partial charge in [-0.2, -0.15) is 4.31 Å². The summed E-state index contributed by atoms with van der Waals surface area (Å²) in [6.45, 7) is 2.45. The molecule has 1 saturated heterocycles. The molecule has 1 aliphatic heterocycles. The summed E-state index contributed by atoms with van der Waals surface area (Å²) in [5.74, 6) is -2.05. The van der Waals surface area contributed by atoms with E-state index >= 15 is 0 Å². The first-order chi connectivity index (χ1) is 13.8. The average Bonchev–Trinajstić information content (AvgIpc) is 2.74. The fourth-order valence-electron chi connectivity index (χ4n) is 3.10. The summed E-state index contributed by atoms with van der Waals surface area (Å²) in [5.41, 5.74) is 2.11. The zero-order valence-corrected chi connectivity index (χ0v) is 16.8. The molecule has 0 N–H and O–H groups in total. The van der Waals surface area contributed by atoms with Gasteiger partial charge < -0.3 is 4.90 Å². The average molecular weight is 420 g/mol. The van der Waals surface area contributed by atoms with Crippen molar-refractivity contribution in [3.63, 3.8) is 0 Å². The van der Waals surface area contributed by atoms with Crippen molar-refractivity contribution in [2.45, 2.75) is 18.2 Å². The molecule has 0 bridgehead atoms. The summed E-state index contributed by atoms with van der Waals surface area (Å²) in [6, 6.07) is 10.2. The number of hydrogen-bond acceptors (Lipinski definition) is 3. The van der Waals surface area contributed by atoms with Gasteiger partial charge in [-0.3, -0.25) is 4.79 Å². The Morgan fingerprint density at radius 1 is 1.03 bits per heavy atom. The van der Waals surface area contributed by atoms with Crippen molar-refractivity contribution in [1.82, 2.24) is 9.21 Å². The summed E-state index contributed by atoms with van der Waals surface area (Å²) in [4.78, 5) is 13.2. The molecule has 2 aromatic rings. The van der Waals surface area contributed by atoms with Gasteiger partial charge in [-0.05, 0) is 41.8 Å². The zero-order valence-electron chi connectivity index (χ0n) is 16.0. The molecule has 1 amide bonds. The third-order valence-corrected chi connectivity index (χ3v) is 6.78. The van der Waals surface area contributed by atoms with Crippen molar-refractivity contribution in [3.05, 3.63) is 71.3 Å². The maximum absolute atomic E-state index is 13.9. The molecule has 29 heavy (non-hydrogen) atoms. The maximum atomic E-state index is 13.9. The minimum atomic E-state index is -4.16. The van der Waals surface area contributed by atoms with E-state index in [1.165, 1.54) is 16.5 Å². The zero-order chi connectivity index (χ0) is 21.0. The topological polar surface area (TPSA) is 57.7 Å². The van der Waals surface area contributed by atoms with Crippen LogP contribution in [0.3, 0.4) is 0 Å². The highest BCUT2D eigenvalue weighted by atomic mass is 32.2. The molecule has 5 nitrogen and oxygen atoms in total. The third-order valence-electron chi connectivity index (χ3n) is 4.87. The molecule has 0 unspecified atom stereocenters. The minimum Gasteiger partial charge on any atom is -0.337 e. The van der Waals surface area contributed by atoms with Gasteiger partial charge in [0.05, 0.1) is 0 Å². The van der Waals surface area contributed by atoms with E-state index in [-0.39, 0.29) is 32.1 Å². The molecule has 3 rings (SSSR count). The second-order valence-corrected chi connectivity index (χ2v) is 8.64. The second-order valence-electron chi connectivity index (χ2n) is 6.73. The molecule has 0 radical (unpaired) electrons. The number of benzene rings is 2. The molecule has 1 aliphatic rings. The Morgan fingerprint density at radius 3 is 2.31 bits per heavy atom. The predicted octanol–water partition coefficient (Wildman–Crippen LogP) is 3.07. The number of nitrogens with zero attached hydrogens (tertiary/aromatic N) is 2. The van der Waals surface area contributed by atoms with Crippen molar-refractivity contribution < 1.29 is 22.0 Å². The molecule has 1 heterocycles. The number of piperazine rings is 1. The van der Waals surface area contributed by atoms with E-state index in [9.17, 15) is 22.0 Å². The lowest BCUT2D eigenvalue weighted by molar-refractivity contribution is -0.127. The van der Waals surface area contributed by atoms with Gasteiger partial charge in [-0.25, -0.2) is 17.2 Å². The Bertz CT molecular complexity index is 1010. The van der Waals surface area contributed by atoms with Gasteiger partial charge in [0.2, 0.25) is 15.9 Å². The lowest BCUT2D eigenvalue weighted by Gasteiger charge is -2.33. The van der Waals surface area contributed by atoms with Crippen LogP contribution in [0.1, 0.15) is 18.1 Å².